The molecule has 0 fully saturated rings. The molecule has 5 nitrogen and oxygen atoms in total. The molecule has 0 unspecified atom stereocenters. The maximum absolute atomic E-state index is 13.8. The van der Waals surface area contributed by atoms with Crippen LogP contribution in [0.15, 0.2) is 102 Å². The molecule has 3 aliphatic rings. The van der Waals surface area contributed by atoms with Crippen molar-refractivity contribution in [3.8, 4) is 5.75 Å². The van der Waals surface area contributed by atoms with Gasteiger partial charge < -0.3 is 14.6 Å². The van der Waals surface area contributed by atoms with Crippen LogP contribution >= 0.6 is 0 Å². The monoisotopic (exact) mass is 506 g/mol. The van der Waals surface area contributed by atoms with E-state index in [2.05, 4.69) is 24.3 Å². The van der Waals surface area contributed by atoms with Crippen LogP contribution in [0.25, 0.3) is 0 Å². The van der Waals surface area contributed by atoms with E-state index < -0.39 is 5.92 Å². The Morgan fingerprint density at radius 1 is 0.737 bits per heavy atom. The summed E-state index contributed by atoms with van der Waals surface area (Å²) in [5.41, 5.74) is 4.81. The van der Waals surface area contributed by atoms with Gasteiger partial charge in [0.1, 0.15) is 17.3 Å². The van der Waals surface area contributed by atoms with Crippen molar-refractivity contribution in [1.29, 1.82) is 0 Å². The SMILES string of the molecule is COc1ccc(C2C3=C(C[C@H](c4ccccc4)CC3=O)OC3=C2C(=O)C[C@@H](c2ccccc2)C3)cc1CO. The summed E-state index contributed by atoms with van der Waals surface area (Å²) in [5, 5.41) is 10.0. The molecular weight excluding hydrogens is 476 g/mol. The smallest absolute Gasteiger partial charge is 0.163 e. The standard InChI is InChI=1S/C33H30O5/c1-37-28-13-12-22(14-25(28)19-34)31-32-26(35)15-23(20-8-4-2-5-9-20)17-29(32)38-30-18-24(16-27(36)33(30)31)21-10-6-3-7-11-21/h2-14,23-24,31,34H,15-19H2,1H3/t23-,24-/m1/s1. The quantitative estimate of drug-likeness (QED) is 0.453. The van der Waals surface area contributed by atoms with E-state index >= 15 is 0 Å². The number of aliphatic hydroxyl groups excluding tert-OH is 1. The Morgan fingerprint density at radius 2 is 1.26 bits per heavy atom. The van der Waals surface area contributed by atoms with Crippen LogP contribution in [-0.2, 0) is 20.9 Å². The molecule has 1 heterocycles. The van der Waals surface area contributed by atoms with Crippen LogP contribution in [-0.4, -0.2) is 23.8 Å². The van der Waals surface area contributed by atoms with Crippen LogP contribution in [0.4, 0.5) is 0 Å². The second-order valence-electron chi connectivity index (χ2n) is 10.3. The van der Waals surface area contributed by atoms with Gasteiger partial charge in [0.25, 0.3) is 0 Å². The Balaban J connectivity index is 1.46. The van der Waals surface area contributed by atoms with E-state index in [1.807, 2.05) is 48.5 Å². The molecule has 3 aromatic carbocycles. The number of hydrogen-bond donors (Lipinski definition) is 1. The van der Waals surface area contributed by atoms with E-state index in [1.165, 1.54) is 0 Å². The zero-order valence-electron chi connectivity index (χ0n) is 21.4. The highest BCUT2D eigenvalue weighted by atomic mass is 16.5. The first-order valence-electron chi connectivity index (χ1n) is 13.1. The molecule has 5 heteroatoms. The zero-order chi connectivity index (χ0) is 26.2. The van der Waals surface area contributed by atoms with Crippen molar-refractivity contribution in [1.82, 2.24) is 0 Å². The first kappa shape index (κ1) is 24.4. The fraction of sp³-hybridized carbons (Fsp3) is 0.273. The second-order valence-corrected chi connectivity index (χ2v) is 10.3. The number of allylic oxidation sites excluding steroid dienone is 4. The lowest BCUT2D eigenvalue weighted by molar-refractivity contribution is -0.118. The van der Waals surface area contributed by atoms with Gasteiger partial charge in [0.05, 0.1) is 13.7 Å². The Morgan fingerprint density at radius 3 is 1.74 bits per heavy atom. The van der Waals surface area contributed by atoms with Crippen molar-refractivity contribution >= 4 is 11.6 Å². The predicted octanol–water partition coefficient (Wildman–Crippen LogP) is 6.10. The summed E-state index contributed by atoms with van der Waals surface area (Å²) in [6.07, 6.45) is 1.95. The third-order valence-electron chi connectivity index (χ3n) is 8.10. The fourth-order valence-corrected chi connectivity index (χ4v) is 6.28. The molecule has 38 heavy (non-hydrogen) atoms. The highest BCUT2D eigenvalue weighted by molar-refractivity contribution is 6.06. The Labute approximate surface area is 222 Å². The molecule has 1 aliphatic heterocycles. The summed E-state index contributed by atoms with van der Waals surface area (Å²) in [6, 6.07) is 25.7. The predicted molar refractivity (Wildman–Crippen MR) is 144 cm³/mol. The minimum atomic E-state index is -0.515. The van der Waals surface area contributed by atoms with Crippen molar-refractivity contribution in [3.63, 3.8) is 0 Å². The average molecular weight is 507 g/mol. The van der Waals surface area contributed by atoms with Gasteiger partial charge >= 0.3 is 0 Å². The summed E-state index contributed by atoms with van der Waals surface area (Å²) in [7, 11) is 1.56. The van der Waals surface area contributed by atoms with Crippen LogP contribution in [0.1, 0.15) is 65.7 Å². The van der Waals surface area contributed by atoms with Gasteiger partial charge in [-0.1, -0.05) is 66.7 Å². The van der Waals surface area contributed by atoms with E-state index in [-0.39, 0.29) is 30.0 Å². The maximum atomic E-state index is 13.8. The lowest BCUT2D eigenvalue weighted by Gasteiger charge is -2.39. The Hall–Kier alpha value is -3.96. The first-order valence-corrected chi connectivity index (χ1v) is 13.1. The topological polar surface area (TPSA) is 72.8 Å². The van der Waals surface area contributed by atoms with Gasteiger partial charge in [0.15, 0.2) is 11.6 Å². The molecule has 1 N–H and O–H groups in total. The van der Waals surface area contributed by atoms with Crippen molar-refractivity contribution in [2.24, 2.45) is 0 Å². The van der Waals surface area contributed by atoms with Crippen LogP contribution in [0.2, 0.25) is 0 Å². The van der Waals surface area contributed by atoms with E-state index in [9.17, 15) is 14.7 Å². The van der Waals surface area contributed by atoms with E-state index in [4.69, 9.17) is 9.47 Å². The molecular formula is C33H30O5. The molecule has 0 bridgehead atoms. The number of methoxy groups -OCH3 is 1. The fourth-order valence-electron chi connectivity index (χ4n) is 6.28. The number of hydrogen-bond acceptors (Lipinski definition) is 5. The van der Waals surface area contributed by atoms with Gasteiger partial charge in [0.2, 0.25) is 0 Å². The molecule has 2 aliphatic carbocycles. The number of benzene rings is 3. The molecule has 0 spiro atoms. The molecule has 192 valence electrons. The normalized spacial score (nSPS) is 21.6. The van der Waals surface area contributed by atoms with Crippen molar-refractivity contribution in [3.05, 3.63) is 124 Å². The first-order chi connectivity index (χ1) is 18.6. The lowest BCUT2D eigenvalue weighted by Crippen LogP contribution is -2.33. The van der Waals surface area contributed by atoms with Gasteiger partial charge in [0, 0.05) is 48.3 Å². The third-order valence-corrected chi connectivity index (χ3v) is 8.10. The van der Waals surface area contributed by atoms with Gasteiger partial charge in [-0.3, -0.25) is 9.59 Å². The third kappa shape index (κ3) is 4.27. The van der Waals surface area contributed by atoms with Gasteiger partial charge in [-0.15, -0.1) is 0 Å². The van der Waals surface area contributed by atoms with Crippen molar-refractivity contribution in [2.75, 3.05) is 7.11 Å². The number of aliphatic hydroxyl groups is 1. The molecule has 3 aromatic rings. The molecule has 0 saturated carbocycles. The van der Waals surface area contributed by atoms with Crippen molar-refractivity contribution < 1.29 is 24.2 Å². The largest absolute Gasteiger partial charge is 0.496 e. The molecule has 2 atom stereocenters. The molecule has 0 aromatic heterocycles. The van der Waals surface area contributed by atoms with E-state index in [0.29, 0.717) is 59.7 Å². The van der Waals surface area contributed by atoms with E-state index in [0.717, 1.165) is 16.7 Å². The van der Waals surface area contributed by atoms with Crippen LogP contribution in [0, 0.1) is 0 Å². The number of Topliss-reactive ketones (excluding diaryl/α,β-unsaturated/α-hetero) is 2. The number of carbonyl (C=O) groups excluding carboxylic acids is 2. The lowest BCUT2D eigenvalue weighted by atomic mass is 9.69. The van der Waals surface area contributed by atoms with Crippen molar-refractivity contribution in [2.45, 2.75) is 50.0 Å². The summed E-state index contributed by atoms with van der Waals surface area (Å²) < 4.78 is 12.0. The van der Waals surface area contributed by atoms with Crippen LogP contribution < -0.4 is 4.74 Å². The maximum Gasteiger partial charge on any atom is 0.163 e. The summed E-state index contributed by atoms with van der Waals surface area (Å²) >= 11 is 0. The Kier molecular flexibility index (Phi) is 6.46. The molecule has 6 rings (SSSR count). The molecule has 0 saturated heterocycles. The average Bonchev–Trinajstić information content (AvgIpc) is 2.96. The number of ether oxygens (including phenoxy) is 2. The summed E-state index contributed by atoms with van der Waals surface area (Å²) in [5.74, 6) is 1.47. The summed E-state index contributed by atoms with van der Waals surface area (Å²) in [4.78, 5) is 27.6. The summed E-state index contributed by atoms with van der Waals surface area (Å²) in [6.45, 7) is -0.202. The van der Waals surface area contributed by atoms with Gasteiger partial charge in [-0.25, -0.2) is 0 Å². The minimum absolute atomic E-state index is 0.0102. The Bertz CT molecular complexity index is 1370. The van der Waals surface area contributed by atoms with Gasteiger partial charge in [-0.2, -0.15) is 0 Å². The minimum Gasteiger partial charge on any atom is -0.496 e. The van der Waals surface area contributed by atoms with Gasteiger partial charge in [-0.05, 0) is 40.7 Å². The number of carbonyl (C=O) groups is 2. The zero-order valence-corrected chi connectivity index (χ0v) is 21.4. The van der Waals surface area contributed by atoms with Crippen LogP contribution in [0.5, 0.6) is 5.75 Å². The van der Waals surface area contributed by atoms with Crippen LogP contribution in [0.3, 0.4) is 0 Å². The van der Waals surface area contributed by atoms with E-state index in [1.54, 1.807) is 13.2 Å². The molecule has 0 amide bonds. The number of rotatable bonds is 5. The second kappa shape index (κ2) is 10.1. The number of ketones is 2. The highest BCUT2D eigenvalue weighted by Gasteiger charge is 2.45. The molecule has 0 radical (unpaired) electrons. The highest BCUT2D eigenvalue weighted by Crippen LogP contribution is 2.52.